The van der Waals surface area contributed by atoms with Crippen molar-refractivity contribution in [1.29, 1.82) is 0 Å². The molecule has 2 rings (SSSR count). The average molecular weight is 330 g/mol. The number of hydrogen-bond donors (Lipinski definition) is 0. The first-order valence-corrected chi connectivity index (χ1v) is 8.53. The van der Waals surface area contributed by atoms with Gasteiger partial charge in [0.2, 0.25) is 5.91 Å². The molecular weight excluding hydrogens is 304 g/mol. The van der Waals surface area contributed by atoms with Crippen LogP contribution in [0.1, 0.15) is 31.9 Å². The van der Waals surface area contributed by atoms with Crippen molar-refractivity contribution in [2.24, 2.45) is 0 Å². The Hall–Kier alpha value is -2.14. The summed E-state index contributed by atoms with van der Waals surface area (Å²) in [6.45, 7) is 4.03. The van der Waals surface area contributed by atoms with Gasteiger partial charge in [-0.25, -0.2) is 0 Å². The monoisotopic (exact) mass is 330 g/mol. The summed E-state index contributed by atoms with van der Waals surface area (Å²) in [4.78, 5) is 13.8. The van der Waals surface area contributed by atoms with E-state index in [2.05, 4.69) is 5.16 Å². The maximum absolute atomic E-state index is 12.0. The van der Waals surface area contributed by atoms with Crippen LogP contribution in [0, 0.1) is 0 Å². The van der Waals surface area contributed by atoms with E-state index in [4.69, 9.17) is 9.26 Å². The molecular formula is C19H26N2O3. The fourth-order valence-electron chi connectivity index (χ4n) is 2.45. The fraction of sp³-hybridized carbons (Fsp3) is 0.474. The molecule has 1 amide bonds. The third-order valence-corrected chi connectivity index (χ3v) is 3.85. The van der Waals surface area contributed by atoms with Gasteiger partial charge in [-0.05, 0) is 19.8 Å². The summed E-state index contributed by atoms with van der Waals surface area (Å²) in [6.07, 6.45) is 2.95. The Bertz CT molecular complexity index is 610. The molecule has 0 bridgehead atoms. The lowest BCUT2D eigenvalue weighted by Gasteiger charge is -2.16. The number of hydrogen-bond acceptors (Lipinski definition) is 4. The Labute approximate surface area is 143 Å². The third-order valence-electron chi connectivity index (χ3n) is 3.85. The summed E-state index contributed by atoms with van der Waals surface area (Å²) >= 11 is 0. The first-order chi connectivity index (χ1) is 11.7. The molecule has 0 aliphatic heterocycles. The molecule has 1 heterocycles. The lowest BCUT2D eigenvalue weighted by atomic mass is 10.1. The van der Waals surface area contributed by atoms with E-state index in [1.807, 2.05) is 50.4 Å². The van der Waals surface area contributed by atoms with Crippen molar-refractivity contribution in [1.82, 2.24) is 10.1 Å². The van der Waals surface area contributed by atoms with Crippen LogP contribution in [-0.4, -0.2) is 42.8 Å². The molecule has 0 unspecified atom stereocenters. The first-order valence-electron chi connectivity index (χ1n) is 8.53. The van der Waals surface area contributed by atoms with E-state index in [1.165, 1.54) is 0 Å². The fourth-order valence-corrected chi connectivity index (χ4v) is 2.45. The molecule has 0 fully saturated rings. The van der Waals surface area contributed by atoms with Crippen molar-refractivity contribution in [3.05, 3.63) is 42.2 Å². The van der Waals surface area contributed by atoms with Gasteiger partial charge in [0.05, 0.1) is 0 Å². The van der Waals surface area contributed by atoms with Gasteiger partial charge in [0.25, 0.3) is 0 Å². The predicted molar refractivity (Wildman–Crippen MR) is 93.6 cm³/mol. The molecule has 24 heavy (non-hydrogen) atoms. The van der Waals surface area contributed by atoms with Crippen molar-refractivity contribution >= 4 is 5.91 Å². The van der Waals surface area contributed by atoms with Crippen LogP contribution >= 0.6 is 0 Å². The zero-order valence-corrected chi connectivity index (χ0v) is 14.5. The van der Waals surface area contributed by atoms with Gasteiger partial charge in [-0.3, -0.25) is 4.79 Å². The number of aromatic nitrogens is 1. The molecule has 0 saturated heterocycles. The standard InChI is InChI=1S/C19H26N2O3/c1-3-23-14-8-12-19(22)21(2)13-7-11-17-15-18(20-24-17)16-9-5-4-6-10-16/h4-6,9-10,15H,3,7-8,11-14H2,1-2H3. The van der Waals surface area contributed by atoms with Gasteiger partial charge in [0, 0.05) is 51.3 Å². The molecule has 0 atom stereocenters. The van der Waals surface area contributed by atoms with Crippen LogP contribution in [0.3, 0.4) is 0 Å². The zero-order chi connectivity index (χ0) is 17.2. The molecule has 130 valence electrons. The molecule has 5 nitrogen and oxygen atoms in total. The molecule has 0 spiro atoms. The quantitative estimate of drug-likeness (QED) is 0.625. The predicted octanol–water partition coefficient (Wildman–Crippen LogP) is 3.55. The van der Waals surface area contributed by atoms with Gasteiger partial charge in [0.1, 0.15) is 11.5 Å². The highest BCUT2D eigenvalue weighted by molar-refractivity contribution is 5.75. The Balaban J connectivity index is 1.70. The first kappa shape index (κ1) is 18.2. The molecule has 5 heteroatoms. The SMILES string of the molecule is CCOCCCC(=O)N(C)CCCc1cc(-c2ccccc2)no1. The Kier molecular flexibility index (Phi) is 7.49. The minimum atomic E-state index is 0.164. The number of benzene rings is 1. The molecule has 0 N–H and O–H groups in total. The lowest BCUT2D eigenvalue weighted by Crippen LogP contribution is -2.28. The van der Waals surface area contributed by atoms with Gasteiger partial charge in [-0.1, -0.05) is 35.5 Å². The number of rotatable bonds is 10. The second kappa shape index (κ2) is 9.88. The van der Waals surface area contributed by atoms with E-state index in [1.54, 1.807) is 4.90 Å². The molecule has 1 aromatic heterocycles. The summed E-state index contributed by atoms with van der Waals surface area (Å²) < 4.78 is 10.6. The van der Waals surface area contributed by atoms with Crippen LogP contribution in [0.15, 0.2) is 40.9 Å². The second-order valence-electron chi connectivity index (χ2n) is 5.76. The van der Waals surface area contributed by atoms with Crippen molar-refractivity contribution in [2.75, 3.05) is 26.8 Å². The molecule has 0 saturated carbocycles. The molecule has 0 radical (unpaired) electrons. The molecule has 1 aromatic carbocycles. The minimum absolute atomic E-state index is 0.164. The highest BCUT2D eigenvalue weighted by atomic mass is 16.5. The number of aryl methyl sites for hydroxylation is 1. The van der Waals surface area contributed by atoms with Crippen LogP contribution in [0.2, 0.25) is 0 Å². The number of carbonyl (C=O) groups is 1. The largest absolute Gasteiger partial charge is 0.382 e. The van der Waals surface area contributed by atoms with Crippen LogP contribution in [0.5, 0.6) is 0 Å². The smallest absolute Gasteiger partial charge is 0.222 e. The summed E-state index contributed by atoms with van der Waals surface area (Å²) in [7, 11) is 1.85. The van der Waals surface area contributed by atoms with E-state index in [0.717, 1.165) is 42.8 Å². The average Bonchev–Trinajstić information content (AvgIpc) is 3.08. The highest BCUT2D eigenvalue weighted by Gasteiger charge is 2.10. The molecule has 0 aliphatic rings. The maximum Gasteiger partial charge on any atom is 0.222 e. The minimum Gasteiger partial charge on any atom is -0.382 e. The van der Waals surface area contributed by atoms with Crippen molar-refractivity contribution < 1.29 is 14.1 Å². The summed E-state index contributed by atoms with van der Waals surface area (Å²) in [5, 5.41) is 4.11. The highest BCUT2D eigenvalue weighted by Crippen LogP contribution is 2.19. The lowest BCUT2D eigenvalue weighted by molar-refractivity contribution is -0.130. The van der Waals surface area contributed by atoms with E-state index in [0.29, 0.717) is 19.6 Å². The normalized spacial score (nSPS) is 10.8. The van der Waals surface area contributed by atoms with E-state index < -0.39 is 0 Å². The van der Waals surface area contributed by atoms with Gasteiger partial charge < -0.3 is 14.2 Å². The van der Waals surface area contributed by atoms with Crippen molar-refractivity contribution in [3.8, 4) is 11.3 Å². The third kappa shape index (κ3) is 5.81. The van der Waals surface area contributed by atoms with E-state index >= 15 is 0 Å². The topological polar surface area (TPSA) is 55.6 Å². The van der Waals surface area contributed by atoms with Crippen LogP contribution in [-0.2, 0) is 16.0 Å². The summed E-state index contributed by atoms with van der Waals surface area (Å²) in [6, 6.07) is 11.9. The zero-order valence-electron chi connectivity index (χ0n) is 14.5. The Morgan fingerprint density at radius 1 is 1.25 bits per heavy atom. The van der Waals surface area contributed by atoms with E-state index in [-0.39, 0.29) is 5.91 Å². The number of ether oxygens (including phenoxy) is 1. The maximum atomic E-state index is 12.0. The van der Waals surface area contributed by atoms with Gasteiger partial charge in [-0.2, -0.15) is 0 Å². The Morgan fingerprint density at radius 3 is 2.79 bits per heavy atom. The molecule has 2 aromatic rings. The number of amides is 1. The van der Waals surface area contributed by atoms with Crippen molar-refractivity contribution in [3.63, 3.8) is 0 Å². The van der Waals surface area contributed by atoms with Gasteiger partial charge in [0.15, 0.2) is 0 Å². The van der Waals surface area contributed by atoms with Gasteiger partial charge in [-0.15, -0.1) is 0 Å². The van der Waals surface area contributed by atoms with Crippen LogP contribution in [0.4, 0.5) is 0 Å². The Morgan fingerprint density at radius 2 is 2.04 bits per heavy atom. The molecule has 0 aliphatic carbocycles. The van der Waals surface area contributed by atoms with Crippen molar-refractivity contribution in [2.45, 2.75) is 32.6 Å². The summed E-state index contributed by atoms with van der Waals surface area (Å²) in [5.41, 5.74) is 1.90. The number of nitrogens with zero attached hydrogens (tertiary/aromatic N) is 2. The van der Waals surface area contributed by atoms with E-state index in [9.17, 15) is 4.79 Å². The number of carbonyl (C=O) groups excluding carboxylic acids is 1. The summed E-state index contributed by atoms with van der Waals surface area (Å²) in [5.74, 6) is 1.02. The van der Waals surface area contributed by atoms with Crippen LogP contribution in [0.25, 0.3) is 11.3 Å². The van der Waals surface area contributed by atoms with Gasteiger partial charge >= 0.3 is 0 Å². The second-order valence-corrected chi connectivity index (χ2v) is 5.76. The van der Waals surface area contributed by atoms with Crippen LogP contribution < -0.4 is 0 Å².